The zero-order valence-electron chi connectivity index (χ0n) is 15.9. The van der Waals surface area contributed by atoms with E-state index >= 15 is 0 Å². The first kappa shape index (κ1) is 18.6. The van der Waals surface area contributed by atoms with E-state index in [4.69, 9.17) is 19.2 Å². The molecule has 1 unspecified atom stereocenters. The Balaban J connectivity index is 1.47. The lowest BCUT2D eigenvalue weighted by Crippen LogP contribution is -2.40. The van der Waals surface area contributed by atoms with Crippen molar-refractivity contribution in [3.63, 3.8) is 0 Å². The monoisotopic (exact) mass is 376 g/mol. The molecule has 0 saturated carbocycles. The lowest BCUT2D eigenvalue weighted by Gasteiger charge is -2.32. The van der Waals surface area contributed by atoms with Crippen LogP contribution in [-0.4, -0.2) is 79.7 Å². The average molecular weight is 376 g/mol. The summed E-state index contributed by atoms with van der Waals surface area (Å²) in [5, 5.41) is 0. The van der Waals surface area contributed by atoms with Crippen molar-refractivity contribution < 1.29 is 19.0 Å². The molecule has 1 amide bonds. The molecule has 0 N–H and O–H groups in total. The molecule has 1 atom stereocenters. The van der Waals surface area contributed by atoms with Gasteiger partial charge in [-0.15, -0.1) is 0 Å². The molecule has 3 fully saturated rings. The van der Waals surface area contributed by atoms with Crippen LogP contribution in [0.1, 0.15) is 37.3 Å². The molecular formula is C19H28N4O4. The van der Waals surface area contributed by atoms with Crippen LogP contribution in [0.15, 0.2) is 12.4 Å². The van der Waals surface area contributed by atoms with Gasteiger partial charge in [0.1, 0.15) is 5.60 Å². The fraction of sp³-hybridized carbons (Fsp3) is 0.737. The summed E-state index contributed by atoms with van der Waals surface area (Å²) in [7, 11) is 1.73. The Kier molecular flexibility index (Phi) is 5.56. The van der Waals surface area contributed by atoms with E-state index < -0.39 is 5.60 Å². The number of likely N-dealkylation sites (tertiary alicyclic amines) is 1. The Bertz CT molecular complexity index is 665. The molecule has 0 bridgehead atoms. The quantitative estimate of drug-likeness (QED) is 0.775. The zero-order chi connectivity index (χ0) is 18.7. The van der Waals surface area contributed by atoms with Gasteiger partial charge in [0, 0.05) is 45.2 Å². The molecule has 0 aliphatic carbocycles. The third-order valence-electron chi connectivity index (χ3n) is 5.83. The summed E-state index contributed by atoms with van der Waals surface area (Å²) >= 11 is 0. The number of anilines is 1. The van der Waals surface area contributed by atoms with Crippen LogP contribution < -0.4 is 4.90 Å². The molecule has 1 aromatic heterocycles. The van der Waals surface area contributed by atoms with Gasteiger partial charge in [-0.05, 0) is 19.4 Å². The lowest BCUT2D eigenvalue weighted by atomic mass is 9.94. The molecule has 3 aliphatic rings. The summed E-state index contributed by atoms with van der Waals surface area (Å²) in [6, 6.07) is 0. The van der Waals surface area contributed by atoms with Crippen molar-refractivity contribution >= 4 is 11.9 Å². The van der Waals surface area contributed by atoms with Gasteiger partial charge in [0.15, 0.2) is 5.82 Å². The summed E-state index contributed by atoms with van der Waals surface area (Å²) in [5.41, 5.74) is 0.518. The van der Waals surface area contributed by atoms with Crippen molar-refractivity contribution in [2.75, 3.05) is 58.0 Å². The molecule has 3 saturated heterocycles. The van der Waals surface area contributed by atoms with E-state index in [1.54, 1.807) is 18.2 Å². The topological polar surface area (TPSA) is 77.0 Å². The number of nitrogens with zero attached hydrogens (tertiary/aromatic N) is 4. The number of ether oxygens (including phenoxy) is 3. The normalized spacial score (nSPS) is 25.7. The highest BCUT2D eigenvalue weighted by molar-refractivity contribution is 5.89. The Hall–Kier alpha value is -1.77. The molecule has 1 aromatic rings. The van der Waals surface area contributed by atoms with Gasteiger partial charge in [0.05, 0.1) is 38.3 Å². The molecule has 148 valence electrons. The minimum atomic E-state index is -0.436. The maximum Gasteiger partial charge on any atom is 0.416 e. The summed E-state index contributed by atoms with van der Waals surface area (Å²) < 4.78 is 16.3. The molecule has 4 heterocycles. The molecular weight excluding hydrogens is 348 g/mol. The average Bonchev–Trinajstić information content (AvgIpc) is 3.02. The number of piperidine rings is 1. The molecule has 3 aliphatic heterocycles. The Morgan fingerprint density at radius 1 is 1.33 bits per heavy atom. The van der Waals surface area contributed by atoms with Crippen LogP contribution in [0.5, 0.6) is 0 Å². The molecule has 27 heavy (non-hydrogen) atoms. The minimum absolute atomic E-state index is 0.325. The highest BCUT2D eigenvalue weighted by Crippen LogP contribution is 2.35. The third-order valence-corrected chi connectivity index (χ3v) is 5.83. The fourth-order valence-corrected chi connectivity index (χ4v) is 4.22. The number of hydrogen-bond donors (Lipinski definition) is 0. The fourth-order valence-electron chi connectivity index (χ4n) is 4.22. The van der Waals surface area contributed by atoms with Crippen LogP contribution in [0.25, 0.3) is 0 Å². The standard InChI is InChI=1S/C19H28N4O4/c1-25-10-7-22-6-2-3-15(13-22)16-11-20-12-17(21-16)23-14-19(27-18(23)24)4-8-26-9-5-19/h11-12,15H,2-10,13-14H2,1H3. The summed E-state index contributed by atoms with van der Waals surface area (Å²) in [6.07, 6.45) is 6.86. The Labute approximate surface area is 159 Å². The van der Waals surface area contributed by atoms with Crippen LogP contribution >= 0.6 is 0 Å². The number of rotatable bonds is 5. The second-order valence-corrected chi connectivity index (χ2v) is 7.68. The van der Waals surface area contributed by atoms with E-state index in [1.807, 2.05) is 6.20 Å². The minimum Gasteiger partial charge on any atom is -0.440 e. The SMILES string of the molecule is COCCN1CCCC(c2cncc(N3CC4(CCOCC4)OC3=O)n2)C1. The van der Waals surface area contributed by atoms with E-state index in [-0.39, 0.29) is 6.09 Å². The number of amides is 1. The van der Waals surface area contributed by atoms with Gasteiger partial charge < -0.3 is 19.1 Å². The van der Waals surface area contributed by atoms with Crippen LogP contribution in [0.2, 0.25) is 0 Å². The first-order valence-electron chi connectivity index (χ1n) is 9.81. The zero-order valence-corrected chi connectivity index (χ0v) is 15.9. The number of carbonyl (C=O) groups excluding carboxylic acids is 1. The van der Waals surface area contributed by atoms with Gasteiger partial charge in [-0.3, -0.25) is 9.88 Å². The highest BCUT2D eigenvalue weighted by Gasteiger charge is 2.47. The highest BCUT2D eigenvalue weighted by atomic mass is 16.6. The third kappa shape index (κ3) is 4.07. The van der Waals surface area contributed by atoms with Crippen molar-refractivity contribution in [1.82, 2.24) is 14.9 Å². The smallest absolute Gasteiger partial charge is 0.416 e. The number of methoxy groups -OCH3 is 1. The molecule has 8 heteroatoms. The Morgan fingerprint density at radius 3 is 3.00 bits per heavy atom. The largest absolute Gasteiger partial charge is 0.440 e. The van der Waals surface area contributed by atoms with Gasteiger partial charge in [0.2, 0.25) is 0 Å². The van der Waals surface area contributed by atoms with Gasteiger partial charge in [-0.2, -0.15) is 0 Å². The van der Waals surface area contributed by atoms with Gasteiger partial charge in [-0.25, -0.2) is 9.78 Å². The molecule has 0 radical (unpaired) electrons. The van der Waals surface area contributed by atoms with Gasteiger partial charge >= 0.3 is 6.09 Å². The summed E-state index contributed by atoms with van der Waals surface area (Å²) in [5.74, 6) is 0.925. The van der Waals surface area contributed by atoms with Gasteiger partial charge in [-0.1, -0.05) is 0 Å². The van der Waals surface area contributed by atoms with Crippen LogP contribution in [0.3, 0.4) is 0 Å². The first-order valence-corrected chi connectivity index (χ1v) is 9.81. The van der Waals surface area contributed by atoms with Crippen molar-refractivity contribution in [3.05, 3.63) is 18.1 Å². The first-order chi connectivity index (χ1) is 13.2. The molecule has 4 rings (SSSR count). The molecule has 8 nitrogen and oxygen atoms in total. The van der Waals surface area contributed by atoms with Crippen LogP contribution in [-0.2, 0) is 14.2 Å². The molecule has 0 aromatic carbocycles. The lowest BCUT2D eigenvalue weighted by molar-refractivity contribution is -0.0431. The van der Waals surface area contributed by atoms with Crippen molar-refractivity contribution in [3.8, 4) is 0 Å². The van der Waals surface area contributed by atoms with E-state index in [0.717, 1.165) is 57.6 Å². The van der Waals surface area contributed by atoms with E-state index in [2.05, 4.69) is 9.88 Å². The van der Waals surface area contributed by atoms with Crippen molar-refractivity contribution in [2.45, 2.75) is 37.2 Å². The summed E-state index contributed by atoms with van der Waals surface area (Å²) in [6.45, 7) is 5.51. The Morgan fingerprint density at radius 2 is 2.19 bits per heavy atom. The second-order valence-electron chi connectivity index (χ2n) is 7.68. The van der Waals surface area contributed by atoms with Crippen LogP contribution in [0, 0.1) is 0 Å². The molecule has 1 spiro atoms. The predicted molar refractivity (Wildman–Crippen MR) is 98.9 cm³/mol. The maximum absolute atomic E-state index is 12.5. The van der Waals surface area contributed by atoms with E-state index in [1.165, 1.54) is 0 Å². The summed E-state index contributed by atoms with van der Waals surface area (Å²) in [4.78, 5) is 25.7. The van der Waals surface area contributed by atoms with Gasteiger partial charge in [0.25, 0.3) is 0 Å². The number of aromatic nitrogens is 2. The van der Waals surface area contributed by atoms with E-state index in [0.29, 0.717) is 31.5 Å². The second kappa shape index (κ2) is 8.08. The van der Waals surface area contributed by atoms with Crippen LogP contribution in [0.4, 0.5) is 10.6 Å². The maximum atomic E-state index is 12.5. The predicted octanol–water partition coefficient (Wildman–Crippen LogP) is 1.81. The number of carbonyl (C=O) groups is 1. The van der Waals surface area contributed by atoms with Crippen molar-refractivity contribution in [1.29, 1.82) is 0 Å². The van der Waals surface area contributed by atoms with Crippen molar-refractivity contribution in [2.24, 2.45) is 0 Å². The number of hydrogen-bond acceptors (Lipinski definition) is 7. The van der Waals surface area contributed by atoms with E-state index in [9.17, 15) is 4.79 Å².